The third-order valence-electron chi connectivity index (χ3n) is 5.15. The lowest BCUT2D eigenvalue weighted by molar-refractivity contribution is 0.0954. The second kappa shape index (κ2) is 10.1. The van der Waals surface area contributed by atoms with Gasteiger partial charge in [0.05, 0.1) is 5.71 Å². The Labute approximate surface area is 189 Å². The normalized spacial score (nSPS) is 11.7. The van der Waals surface area contributed by atoms with E-state index in [1.807, 2.05) is 61.5 Å². The number of hydrogen-bond acceptors (Lipinski definition) is 3. The van der Waals surface area contributed by atoms with Gasteiger partial charge in [-0.2, -0.15) is 5.10 Å². The molecule has 0 saturated carbocycles. The van der Waals surface area contributed by atoms with Gasteiger partial charge in [-0.25, -0.2) is 5.43 Å². The van der Waals surface area contributed by atoms with Crippen molar-refractivity contribution in [3.05, 3.63) is 101 Å². The van der Waals surface area contributed by atoms with Crippen LogP contribution in [0, 0.1) is 0 Å². The first-order chi connectivity index (χ1) is 15.3. The van der Waals surface area contributed by atoms with Crippen LogP contribution in [0.5, 0.6) is 0 Å². The number of rotatable bonds is 6. The van der Waals surface area contributed by atoms with Crippen molar-refractivity contribution >= 4 is 23.2 Å². The number of hydrazone groups is 1. The molecule has 0 atom stereocenters. The van der Waals surface area contributed by atoms with Crippen LogP contribution in [0.4, 0.5) is 5.69 Å². The van der Waals surface area contributed by atoms with E-state index < -0.39 is 0 Å². The summed E-state index contributed by atoms with van der Waals surface area (Å²) >= 11 is 0. The highest BCUT2D eigenvalue weighted by Crippen LogP contribution is 2.22. The number of nitrogens with one attached hydrogen (secondary N) is 2. The molecule has 0 heterocycles. The summed E-state index contributed by atoms with van der Waals surface area (Å²) in [6, 6.07) is 24.1. The van der Waals surface area contributed by atoms with Crippen LogP contribution in [0.1, 0.15) is 66.0 Å². The highest BCUT2D eigenvalue weighted by atomic mass is 16.2. The van der Waals surface area contributed by atoms with Crippen molar-refractivity contribution in [3.63, 3.8) is 0 Å². The summed E-state index contributed by atoms with van der Waals surface area (Å²) in [4.78, 5) is 25.0. The Balaban J connectivity index is 1.62. The van der Waals surface area contributed by atoms with Crippen molar-refractivity contribution in [1.82, 2.24) is 5.43 Å². The summed E-state index contributed by atoms with van der Waals surface area (Å²) in [5.74, 6) is -0.495. The molecule has 3 aromatic rings. The molecule has 5 heteroatoms. The van der Waals surface area contributed by atoms with Gasteiger partial charge in [0, 0.05) is 16.8 Å². The number of hydrogen-bond donors (Lipinski definition) is 2. The second-order valence-electron chi connectivity index (χ2n) is 8.58. The molecule has 0 saturated heterocycles. The van der Waals surface area contributed by atoms with Gasteiger partial charge in [-0.05, 0) is 59.4 Å². The Bertz CT molecular complexity index is 1090. The monoisotopic (exact) mass is 427 g/mol. The van der Waals surface area contributed by atoms with E-state index in [9.17, 15) is 9.59 Å². The van der Waals surface area contributed by atoms with Crippen molar-refractivity contribution in [2.24, 2.45) is 5.10 Å². The Morgan fingerprint density at radius 3 is 1.88 bits per heavy atom. The minimum absolute atomic E-state index is 0.0362. The summed E-state index contributed by atoms with van der Waals surface area (Å²) in [6.45, 7) is 8.40. The summed E-state index contributed by atoms with van der Waals surface area (Å²) in [5.41, 5.74) is 7.27. The number of benzene rings is 3. The quantitative estimate of drug-likeness (QED) is 0.387. The molecule has 0 spiro atoms. The zero-order chi connectivity index (χ0) is 23.1. The molecule has 2 amide bonds. The molecule has 0 unspecified atom stereocenters. The summed E-state index contributed by atoms with van der Waals surface area (Å²) in [6.07, 6.45) is 0.700. The highest BCUT2D eigenvalue weighted by molar-refractivity contribution is 6.05. The van der Waals surface area contributed by atoms with Crippen molar-refractivity contribution in [2.75, 3.05) is 5.32 Å². The van der Waals surface area contributed by atoms with Crippen molar-refractivity contribution in [2.45, 2.75) is 39.5 Å². The van der Waals surface area contributed by atoms with Gasteiger partial charge in [-0.1, -0.05) is 70.2 Å². The molecular formula is C27H29N3O2. The zero-order valence-electron chi connectivity index (χ0n) is 19.0. The second-order valence-corrected chi connectivity index (χ2v) is 8.58. The third kappa shape index (κ3) is 5.91. The maximum absolute atomic E-state index is 12.5. The minimum atomic E-state index is -0.303. The number of carbonyl (C=O) groups excluding carboxylic acids is 2. The van der Waals surface area contributed by atoms with Crippen LogP contribution >= 0.6 is 0 Å². The van der Waals surface area contributed by atoms with E-state index in [1.165, 1.54) is 5.56 Å². The first kappa shape index (κ1) is 22.9. The topological polar surface area (TPSA) is 70.6 Å². The maximum Gasteiger partial charge on any atom is 0.271 e. The molecule has 0 aliphatic carbocycles. The third-order valence-corrected chi connectivity index (χ3v) is 5.15. The smallest absolute Gasteiger partial charge is 0.271 e. The molecule has 0 radical (unpaired) electrons. The predicted molar refractivity (Wildman–Crippen MR) is 130 cm³/mol. The number of carbonyl (C=O) groups is 2. The Hall–Kier alpha value is -3.73. The average molecular weight is 428 g/mol. The first-order valence-electron chi connectivity index (χ1n) is 10.7. The minimum Gasteiger partial charge on any atom is -0.322 e. The largest absolute Gasteiger partial charge is 0.322 e. The van der Waals surface area contributed by atoms with E-state index in [1.54, 1.807) is 24.3 Å². The molecule has 5 nitrogen and oxygen atoms in total. The molecule has 2 N–H and O–H groups in total. The molecule has 0 fully saturated rings. The van der Waals surface area contributed by atoms with Crippen molar-refractivity contribution < 1.29 is 9.59 Å². The fourth-order valence-electron chi connectivity index (χ4n) is 3.19. The van der Waals surface area contributed by atoms with E-state index in [0.717, 1.165) is 11.3 Å². The van der Waals surface area contributed by atoms with Crippen LogP contribution in [-0.2, 0) is 5.41 Å². The van der Waals surface area contributed by atoms with Crippen LogP contribution in [0.25, 0.3) is 0 Å². The lowest BCUT2D eigenvalue weighted by atomic mass is 9.87. The highest BCUT2D eigenvalue weighted by Gasteiger charge is 2.14. The summed E-state index contributed by atoms with van der Waals surface area (Å²) < 4.78 is 0. The van der Waals surface area contributed by atoms with Crippen LogP contribution < -0.4 is 10.7 Å². The molecule has 164 valence electrons. The molecule has 3 aromatic carbocycles. The van der Waals surface area contributed by atoms with Gasteiger partial charge in [-0.15, -0.1) is 0 Å². The molecule has 0 aliphatic rings. The number of nitrogens with zero attached hydrogens (tertiary/aromatic N) is 1. The number of anilines is 1. The van der Waals surface area contributed by atoms with Crippen molar-refractivity contribution in [1.29, 1.82) is 0 Å². The molecular weight excluding hydrogens is 398 g/mol. The van der Waals surface area contributed by atoms with E-state index in [0.29, 0.717) is 23.2 Å². The SMILES string of the molecule is CC/C(=N\NC(=O)c1ccc(NC(=O)c2ccc(C(C)(C)C)cc2)cc1)c1ccccc1. The molecule has 32 heavy (non-hydrogen) atoms. The Morgan fingerprint density at radius 2 is 1.31 bits per heavy atom. The van der Waals surface area contributed by atoms with Crippen molar-refractivity contribution in [3.8, 4) is 0 Å². The van der Waals surface area contributed by atoms with Crippen LogP contribution in [-0.4, -0.2) is 17.5 Å². The molecule has 0 aromatic heterocycles. The van der Waals surface area contributed by atoms with Gasteiger partial charge in [0.25, 0.3) is 11.8 Å². The van der Waals surface area contributed by atoms with Gasteiger partial charge in [-0.3, -0.25) is 9.59 Å². The maximum atomic E-state index is 12.5. The van der Waals surface area contributed by atoms with Crippen LogP contribution in [0.15, 0.2) is 84.0 Å². The first-order valence-corrected chi connectivity index (χ1v) is 10.7. The molecule has 3 rings (SSSR count). The summed E-state index contributed by atoms with van der Waals surface area (Å²) in [5, 5.41) is 7.14. The van der Waals surface area contributed by atoms with Crippen LogP contribution in [0.3, 0.4) is 0 Å². The van der Waals surface area contributed by atoms with E-state index in [2.05, 4.69) is 36.6 Å². The van der Waals surface area contributed by atoms with Gasteiger partial charge in [0.1, 0.15) is 0 Å². The molecule has 0 bridgehead atoms. The van der Waals surface area contributed by atoms with E-state index >= 15 is 0 Å². The fourth-order valence-corrected chi connectivity index (χ4v) is 3.19. The number of amides is 2. The standard InChI is InChI=1S/C27H29N3O2/c1-5-24(19-9-7-6-8-10-19)29-30-26(32)21-13-17-23(18-14-21)28-25(31)20-11-15-22(16-12-20)27(2,3)4/h6-18H,5H2,1-4H3,(H,28,31)(H,30,32)/b29-24+. The average Bonchev–Trinajstić information content (AvgIpc) is 2.80. The van der Waals surface area contributed by atoms with Gasteiger partial charge in [0.2, 0.25) is 0 Å². The van der Waals surface area contributed by atoms with E-state index in [-0.39, 0.29) is 17.2 Å². The predicted octanol–water partition coefficient (Wildman–Crippen LogP) is 5.78. The summed E-state index contributed by atoms with van der Waals surface area (Å²) in [7, 11) is 0. The fraction of sp³-hybridized carbons (Fsp3) is 0.222. The molecule has 0 aliphatic heterocycles. The van der Waals surface area contributed by atoms with Gasteiger partial charge < -0.3 is 5.32 Å². The zero-order valence-corrected chi connectivity index (χ0v) is 19.0. The van der Waals surface area contributed by atoms with Crippen LogP contribution in [0.2, 0.25) is 0 Å². The van der Waals surface area contributed by atoms with E-state index in [4.69, 9.17) is 0 Å². The lowest BCUT2D eigenvalue weighted by Crippen LogP contribution is -2.20. The Kier molecular flexibility index (Phi) is 7.21. The Morgan fingerprint density at radius 1 is 0.750 bits per heavy atom. The van der Waals surface area contributed by atoms with Gasteiger partial charge >= 0.3 is 0 Å². The lowest BCUT2D eigenvalue weighted by Gasteiger charge is -2.19. The van der Waals surface area contributed by atoms with Gasteiger partial charge in [0.15, 0.2) is 0 Å².